The molecule has 0 aromatic heterocycles. The average Bonchev–Trinajstić information content (AvgIpc) is 2.16. The molecule has 0 amide bonds. The van der Waals surface area contributed by atoms with Crippen LogP contribution in [0.15, 0.2) is 18.2 Å². The molecule has 0 atom stereocenters. The molecule has 0 aliphatic heterocycles. The van der Waals surface area contributed by atoms with Crippen LogP contribution in [0.4, 0.5) is 5.69 Å². The van der Waals surface area contributed by atoms with Crippen LogP contribution in [-0.2, 0) is 6.42 Å². The summed E-state index contributed by atoms with van der Waals surface area (Å²) in [5.41, 5.74) is 0.819. The molecule has 1 rings (SSSR count). The number of nitro groups is 1. The second kappa shape index (κ2) is 5.32. The Morgan fingerprint density at radius 3 is 2.79 bits per heavy atom. The van der Waals surface area contributed by atoms with E-state index in [2.05, 4.69) is 15.9 Å². The van der Waals surface area contributed by atoms with Gasteiger partial charge in [0, 0.05) is 11.4 Å². The largest absolute Gasteiger partial charge is 0.288 e. The Bertz CT molecular complexity index is 344. The molecule has 0 bridgehead atoms. The zero-order valence-electron chi connectivity index (χ0n) is 7.37. The summed E-state index contributed by atoms with van der Waals surface area (Å²) >= 11 is 9.18. The number of alkyl halides is 1. The molecule has 1 aromatic carbocycles. The van der Waals surface area contributed by atoms with Gasteiger partial charge in [0.2, 0.25) is 0 Å². The van der Waals surface area contributed by atoms with E-state index in [1.807, 2.05) is 6.07 Å². The summed E-state index contributed by atoms with van der Waals surface area (Å²) < 4.78 is 0. The first-order valence-electron chi connectivity index (χ1n) is 4.14. The number of aryl methyl sites for hydroxylation is 1. The minimum absolute atomic E-state index is 0.0151. The minimum atomic E-state index is -0.458. The smallest absolute Gasteiger partial charge is 0.258 e. The molecule has 0 radical (unpaired) electrons. The van der Waals surface area contributed by atoms with Crippen molar-refractivity contribution >= 4 is 33.2 Å². The van der Waals surface area contributed by atoms with Crippen molar-refractivity contribution in [2.45, 2.75) is 12.8 Å². The number of benzene rings is 1. The van der Waals surface area contributed by atoms with Crippen LogP contribution in [0.5, 0.6) is 0 Å². The Balaban J connectivity index is 2.95. The third kappa shape index (κ3) is 2.69. The quantitative estimate of drug-likeness (QED) is 0.480. The molecule has 3 nitrogen and oxygen atoms in total. The van der Waals surface area contributed by atoms with Crippen LogP contribution in [0.2, 0.25) is 5.02 Å². The number of hydrogen-bond donors (Lipinski definition) is 0. The van der Waals surface area contributed by atoms with E-state index in [4.69, 9.17) is 11.6 Å². The summed E-state index contributed by atoms with van der Waals surface area (Å²) in [5.74, 6) is 0. The SMILES string of the molecule is O=[N+]([O-])c1cccc(CCCBr)c1Cl. The second-order valence-corrected chi connectivity index (χ2v) is 3.97. The zero-order chi connectivity index (χ0) is 10.6. The van der Waals surface area contributed by atoms with Gasteiger partial charge >= 0.3 is 0 Å². The van der Waals surface area contributed by atoms with Crippen molar-refractivity contribution in [3.63, 3.8) is 0 Å². The van der Waals surface area contributed by atoms with Gasteiger partial charge < -0.3 is 0 Å². The Kier molecular flexibility index (Phi) is 4.35. The van der Waals surface area contributed by atoms with Crippen molar-refractivity contribution in [1.29, 1.82) is 0 Å². The topological polar surface area (TPSA) is 43.1 Å². The number of halogens is 2. The van der Waals surface area contributed by atoms with Gasteiger partial charge in [0.25, 0.3) is 5.69 Å². The van der Waals surface area contributed by atoms with E-state index in [1.54, 1.807) is 6.07 Å². The van der Waals surface area contributed by atoms with Crippen LogP contribution in [-0.4, -0.2) is 10.3 Å². The maximum absolute atomic E-state index is 10.6. The lowest BCUT2D eigenvalue weighted by atomic mass is 10.1. The monoisotopic (exact) mass is 277 g/mol. The highest BCUT2D eigenvalue weighted by molar-refractivity contribution is 9.09. The van der Waals surface area contributed by atoms with Crippen molar-refractivity contribution in [3.8, 4) is 0 Å². The van der Waals surface area contributed by atoms with Crippen molar-refractivity contribution < 1.29 is 4.92 Å². The molecule has 0 saturated carbocycles. The van der Waals surface area contributed by atoms with Crippen LogP contribution < -0.4 is 0 Å². The first-order valence-corrected chi connectivity index (χ1v) is 5.64. The summed E-state index contributed by atoms with van der Waals surface area (Å²) in [6.45, 7) is 0. The normalized spacial score (nSPS) is 10.1. The molecular formula is C9H9BrClNO2. The maximum Gasteiger partial charge on any atom is 0.288 e. The molecule has 14 heavy (non-hydrogen) atoms. The highest BCUT2D eigenvalue weighted by Gasteiger charge is 2.14. The molecule has 0 aliphatic carbocycles. The first-order chi connectivity index (χ1) is 6.66. The summed E-state index contributed by atoms with van der Waals surface area (Å²) in [7, 11) is 0. The van der Waals surface area contributed by atoms with Crippen LogP contribution >= 0.6 is 27.5 Å². The summed E-state index contributed by atoms with van der Waals surface area (Å²) in [4.78, 5) is 10.1. The van der Waals surface area contributed by atoms with Gasteiger partial charge in [-0.05, 0) is 18.4 Å². The third-order valence-corrected chi connectivity index (χ3v) is 2.83. The van der Waals surface area contributed by atoms with Crippen molar-refractivity contribution in [2.24, 2.45) is 0 Å². The van der Waals surface area contributed by atoms with Gasteiger partial charge in [-0.15, -0.1) is 0 Å². The average molecular weight is 279 g/mol. The van der Waals surface area contributed by atoms with Gasteiger partial charge in [0.1, 0.15) is 5.02 Å². The molecule has 76 valence electrons. The molecule has 1 aromatic rings. The number of hydrogen-bond acceptors (Lipinski definition) is 2. The molecular weight excluding hydrogens is 269 g/mol. The van der Waals surface area contributed by atoms with Gasteiger partial charge in [-0.2, -0.15) is 0 Å². The van der Waals surface area contributed by atoms with Gasteiger partial charge in [-0.1, -0.05) is 39.7 Å². The standard InChI is InChI=1S/C9H9BrClNO2/c10-6-2-4-7-3-1-5-8(9(7)11)12(13)14/h1,3,5H,2,4,6H2. The molecule has 0 fully saturated rings. The van der Waals surface area contributed by atoms with E-state index in [0.29, 0.717) is 0 Å². The zero-order valence-corrected chi connectivity index (χ0v) is 9.71. The Labute approximate surface area is 95.4 Å². The van der Waals surface area contributed by atoms with Crippen LogP contribution in [0.1, 0.15) is 12.0 Å². The van der Waals surface area contributed by atoms with Crippen LogP contribution in [0, 0.1) is 10.1 Å². The Morgan fingerprint density at radius 2 is 2.21 bits per heavy atom. The van der Waals surface area contributed by atoms with E-state index in [0.717, 1.165) is 23.7 Å². The number of rotatable bonds is 4. The van der Waals surface area contributed by atoms with E-state index >= 15 is 0 Å². The fourth-order valence-corrected chi connectivity index (χ4v) is 1.73. The lowest BCUT2D eigenvalue weighted by Crippen LogP contribution is -1.93. The van der Waals surface area contributed by atoms with Crippen molar-refractivity contribution in [3.05, 3.63) is 38.9 Å². The van der Waals surface area contributed by atoms with Gasteiger partial charge in [0.15, 0.2) is 0 Å². The molecule has 0 spiro atoms. The van der Waals surface area contributed by atoms with Crippen molar-refractivity contribution in [1.82, 2.24) is 0 Å². The molecule has 0 aliphatic rings. The van der Waals surface area contributed by atoms with Crippen LogP contribution in [0.3, 0.4) is 0 Å². The van der Waals surface area contributed by atoms with Gasteiger partial charge in [-0.25, -0.2) is 0 Å². The predicted octanol–water partition coefficient (Wildman–Crippen LogP) is 3.58. The maximum atomic E-state index is 10.6. The fraction of sp³-hybridized carbons (Fsp3) is 0.333. The molecule has 0 N–H and O–H groups in total. The lowest BCUT2D eigenvalue weighted by molar-refractivity contribution is -0.384. The molecule has 0 heterocycles. The Morgan fingerprint density at radius 1 is 1.50 bits per heavy atom. The van der Waals surface area contributed by atoms with E-state index in [-0.39, 0.29) is 10.7 Å². The highest BCUT2D eigenvalue weighted by Crippen LogP contribution is 2.28. The number of nitro benzene ring substituents is 1. The molecule has 5 heteroatoms. The summed E-state index contributed by atoms with van der Waals surface area (Å²) in [5, 5.41) is 11.7. The van der Waals surface area contributed by atoms with Crippen molar-refractivity contribution in [2.75, 3.05) is 5.33 Å². The first kappa shape index (κ1) is 11.5. The van der Waals surface area contributed by atoms with E-state index < -0.39 is 4.92 Å². The number of nitrogens with zero attached hydrogens (tertiary/aromatic N) is 1. The van der Waals surface area contributed by atoms with Gasteiger partial charge in [0.05, 0.1) is 4.92 Å². The minimum Gasteiger partial charge on any atom is -0.258 e. The second-order valence-electron chi connectivity index (χ2n) is 2.80. The Hall–Kier alpha value is -0.610. The molecule has 0 unspecified atom stereocenters. The fourth-order valence-electron chi connectivity index (χ4n) is 1.16. The predicted molar refractivity (Wildman–Crippen MR) is 60.2 cm³/mol. The third-order valence-electron chi connectivity index (χ3n) is 1.83. The van der Waals surface area contributed by atoms with Crippen LogP contribution in [0.25, 0.3) is 0 Å². The van der Waals surface area contributed by atoms with Gasteiger partial charge in [-0.3, -0.25) is 10.1 Å². The summed E-state index contributed by atoms with van der Waals surface area (Å²) in [6, 6.07) is 4.89. The van der Waals surface area contributed by atoms with E-state index in [9.17, 15) is 10.1 Å². The van der Waals surface area contributed by atoms with E-state index in [1.165, 1.54) is 6.07 Å². The highest BCUT2D eigenvalue weighted by atomic mass is 79.9. The molecule has 0 saturated heterocycles. The lowest BCUT2D eigenvalue weighted by Gasteiger charge is -2.02. The summed E-state index contributed by atoms with van der Waals surface area (Å²) in [6.07, 6.45) is 1.67.